The van der Waals surface area contributed by atoms with Gasteiger partial charge in [-0.2, -0.15) is 0 Å². The van der Waals surface area contributed by atoms with Crippen LogP contribution in [0.3, 0.4) is 0 Å². The van der Waals surface area contributed by atoms with Crippen molar-refractivity contribution in [2.45, 2.75) is 112 Å². The highest BCUT2D eigenvalue weighted by molar-refractivity contribution is 5.21. The summed E-state index contributed by atoms with van der Waals surface area (Å²) >= 11 is 0. The van der Waals surface area contributed by atoms with Gasteiger partial charge in [-0.05, 0) is 128 Å². The van der Waals surface area contributed by atoms with Gasteiger partial charge in [0.1, 0.15) is 0 Å². The van der Waals surface area contributed by atoms with E-state index in [1.807, 2.05) is 0 Å². The van der Waals surface area contributed by atoms with Gasteiger partial charge in [-0.3, -0.25) is 0 Å². The van der Waals surface area contributed by atoms with Gasteiger partial charge < -0.3 is 29.2 Å². The van der Waals surface area contributed by atoms with Crippen LogP contribution in [0.1, 0.15) is 106 Å². The SMILES string of the molecule is C=C(C)[C@@H]1CC[C@]2(COCCOCCO)CC[C@]3(C)C(CCC4[C@@]5(C)CC[C@H](OCCOCCO)C(C)(C)C5CC[C@]43C)C12. The monoisotopic (exact) mass is 618 g/mol. The van der Waals surface area contributed by atoms with Gasteiger partial charge in [0, 0.05) is 0 Å². The maximum atomic E-state index is 9.05. The van der Waals surface area contributed by atoms with Crippen LogP contribution in [0, 0.1) is 56.7 Å². The van der Waals surface area contributed by atoms with Gasteiger partial charge in [-0.15, -0.1) is 0 Å². The fourth-order valence-electron chi connectivity index (χ4n) is 12.8. The first-order valence-electron chi connectivity index (χ1n) is 18.1. The second kappa shape index (κ2) is 13.5. The molecule has 0 bridgehead atoms. The zero-order valence-electron chi connectivity index (χ0n) is 29.1. The summed E-state index contributed by atoms with van der Waals surface area (Å²) in [6, 6.07) is 0. The Balaban J connectivity index is 1.34. The molecule has 0 spiro atoms. The zero-order valence-corrected chi connectivity index (χ0v) is 29.1. The van der Waals surface area contributed by atoms with Crippen molar-refractivity contribution in [1.29, 1.82) is 0 Å². The second-order valence-electron chi connectivity index (χ2n) is 17.0. The quantitative estimate of drug-likeness (QED) is 0.160. The minimum absolute atomic E-state index is 0.0690. The Labute approximate surface area is 269 Å². The van der Waals surface area contributed by atoms with Crippen molar-refractivity contribution in [2.24, 2.45) is 56.7 Å². The molecule has 0 aromatic carbocycles. The molecule has 44 heavy (non-hydrogen) atoms. The van der Waals surface area contributed by atoms with Crippen molar-refractivity contribution in [3.05, 3.63) is 12.2 Å². The third-order valence-electron chi connectivity index (χ3n) is 15.0. The molecule has 5 fully saturated rings. The molecule has 5 rings (SSSR count). The molecule has 0 aromatic rings. The number of fused-ring (bicyclic) bond motifs is 7. The first kappa shape index (κ1) is 34.8. The molecule has 6 heteroatoms. The lowest BCUT2D eigenvalue weighted by molar-refractivity contribution is -0.254. The topological polar surface area (TPSA) is 77.4 Å². The molecule has 10 atom stereocenters. The molecule has 0 aromatic heterocycles. The Hall–Kier alpha value is -0.500. The predicted molar refractivity (Wildman–Crippen MR) is 175 cm³/mol. The fraction of sp³-hybridized carbons (Fsp3) is 0.947. The van der Waals surface area contributed by atoms with Gasteiger partial charge in [0.25, 0.3) is 0 Å². The maximum absolute atomic E-state index is 9.05. The highest BCUT2D eigenvalue weighted by Crippen LogP contribution is 2.77. The van der Waals surface area contributed by atoms with E-state index < -0.39 is 0 Å². The Kier molecular flexibility index (Phi) is 10.7. The van der Waals surface area contributed by atoms with E-state index in [1.54, 1.807) is 0 Å². The Morgan fingerprint density at radius 2 is 1.36 bits per heavy atom. The number of hydrogen-bond acceptors (Lipinski definition) is 6. The van der Waals surface area contributed by atoms with Crippen LogP contribution in [0.25, 0.3) is 0 Å². The second-order valence-corrected chi connectivity index (χ2v) is 17.0. The molecular weight excluding hydrogens is 552 g/mol. The summed E-state index contributed by atoms with van der Waals surface area (Å²) in [5.74, 6) is 3.41. The van der Waals surface area contributed by atoms with Crippen molar-refractivity contribution in [2.75, 3.05) is 59.5 Å². The van der Waals surface area contributed by atoms with E-state index >= 15 is 0 Å². The molecule has 0 heterocycles. The zero-order chi connectivity index (χ0) is 31.8. The summed E-state index contributed by atoms with van der Waals surface area (Å²) in [5, 5.41) is 18.1. The molecular formula is C38H66O6. The van der Waals surface area contributed by atoms with E-state index in [1.165, 1.54) is 63.4 Å². The average molecular weight is 619 g/mol. The number of hydrogen-bond donors (Lipinski definition) is 2. The summed E-state index contributed by atoms with van der Waals surface area (Å²) in [5.41, 5.74) is 2.80. The van der Waals surface area contributed by atoms with E-state index in [2.05, 4.69) is 48.1 Å². The summed E-state index contributed by atoms with van der Waals surface area (Å²) < 4.78 is 23.9. The summed E-state index contributed by atoms with van der Waals surface area (Å²) in [7, 11) is 0. The first-order chi connectivity index (χ1) is 20.9. The van der Waals surface area contributed by atoms with Crippen LogP contribution in [0.15, 0.2) is 12.2 Å². The molecule has 5 saturated carbocycles. The Bertz CT molecular complexity index is 982. The fourth-order valence-corrected chi connectivity index (χ4v) is 12.8. The van der Waals surface area contributed by atoms with Gasteiger partial charge >= 0.3 is 0 Å². The smallest absolute Gasteiger partial charge is 0.0704 e. The third-order valence-corrected chi connectivity index (χ3v) is 15.0. The number of aliphatic hydroxyl groups is 2. The molecule has 0 radical (unpaired) electrons. The minimum Gasteiger partial charge on any atom is -0.394 e. The minimum atomic E-state index is 0.0690. The molecule has 0 amide bonds. The number of allylic oxidation sites excluding steroid dienone is 1. The van der Waals surface area contributed by atoms with Crippen LogP contribution in [0.4, 0.5) is 0 Å². The van der Waals surface area contributed by atoms with Crippen molar-refractivity contribution < 1.29 is 29.2 Å². The largest absolute Gasteiger partial charge is 0.394 e. The van der Waals surface area contributed by atoms with E-state index in [4.69, 9.17) is 29.2 Å². The van der Waals surface area contributed by atoms with Gasteiger partial charge in [0.2, 0.25) is 0 Å². The molecule has 5 aliphatic carbocycles. The van der Waals surface area contributed by atoms with Crippen LogP contribution in [0.2, 0.25) is 0 Å². The van der Waals surface area contributed by atoms with Gasteiger partial charge in [0.15, 0.2) is 0 Å². The van der Waals surface area contributed by atoms with Gasteiger partial charge in [-0.1, -0.05) is 46.8 Å². The Morgan fingerprint density at radius 3 is 2.05 bits per heavy atom. The highest BCUT2D eigenvalue weighted by Gasteiger charge is 2.71. The van der Waals surface area contributed by atoms with Crippen molar-refractivity contribution >= 4 is 0 Å². The van der Waals surface area contributed by atoms with Gasteiger partial charge in [-0.25, -0.2) is 0 Å². The average Bonchev–Trinajstić information content (AvgIpc) is 3.36. The highest BCUT2D eigenvalue weighted by atomic mass is 16.5. The predicted octanol–water partition coefficient (Wildman–Crippen LogP) is 7.06. The normalized spacial score (nSPS) is 44.4. The lowest BCUT2D eigenvalue weighted by Crippen LogP contribution is -2.67. The van der Waals surface area contributed by atoms with Gasteiger partial charge in [0.05, 0.1) is 65.6 Å². The van der Waals surface area contributed by atoms with Crippen LogP contribution in [-0.4, -0.2) is 75.8 Å². The summed E-state index contributed by atoms with van der Waals surface area (Å²) in [6.45, 7) is 24.1. The van der Waals surface area contributed by atoms with Crippen molar-refractivity contribution in [3.8, 4) is 0 Å². The van der Waals surface area contributed by atoms with Crippen LogP contribution in [0.5, 0.6) is 0 Å². The van der Waals surface area contributed by atoms with E-state index in [-0.39, 0.29) is 30.1 Å². The molecule has 2 N–H and O–H groups in total. The molecule has 6 nitrogen and oxygen atoms in total. The van der Waals surface area contributed by atoms with E-state index in [0.29, 0.717) is 73.6 Å². The summed E-state index contributed by atoms with van der Waals surface area (Å²) in [4.78, 5) is 0. The van der Waals surface area contributed by atoms with Crippen LogP contribution < -0.4 is 0 Å². The molecule has 5 aliphatic rings. The number of aliphatic hydroxyl groups excluding tert-OH is 2. The van der Waals surface area contributed by atoms with Crippen molar-refractivity contribution in [1.82, 2.24) is 0 Å². The third kappa shape index (κ3) is 5.78. The van der Waals surface area contributed by atoms with Crippen molar-refractivity contribution in [3.63, 3.8) is 0 Å². The lowest BCUT2D eigenvalue weighted by Gasteiger charge is -2.73. The first-order valence-corrected chi connectivity index (χ1v) is 18.1. The molecule has 0 aliphatic heterocycles. The standard InChI is InChI=1S/C38H66O6/c1-27(2)28-10-15-38(26-43-23-22-41-20-18-39)17-16-36(6)29(33(28)38)8-9-31-35(5)13-12-32(44-25-24-42-21-19-40)34(3,4)30(35)11-14-37(31,36)7/h28-33,39-40H,1,8-26H2,2-7H3/t28-,29?,30?,31?,32-,33?,35-,36+,37+,38+/m0/s1. The number of ether oxygens (including phenoxy) is 4. The van der Waals surface area contributed by atoms with E-state index in [9.17, 15) is 0 Å². The molecule has 0 saturated heterocycles. The lowest BCUT2D eigenvalue weighted by atomic mass is 9.32. The molecule has 254 valence electrons. The number of rotatable bonds is 14. The maximum Gasteiger partial charge on any atom is 0.0704 e. The Morgan fingerprint density at radius 1 is 0.682 bits per heavy atom. The van der Waals surface area contributed by atoms with Crippen LogP contribution in [-0.2, 0) is 18.9 Å². The van der Waals surface area contributed by atoms with E-state index in [0.717, 1.165) is 24.9 Å². The van der Waals surface area contributed by atoms with Crippen LogP contribution >= 0.6 is 0 Å². The summed E-state index contributed by atoms with van der Waals surface area (Å²) in [6.07, 6.45) is 13.1. The molecule has 4 unspecified atom stereocenters.